The molecule has 28 heavy (non-hydrogen) atoms. The third kappa shape index (κ3) is 4.39. The smallest absolute Gasteiger partial charge is 0.247 e. The molecule has 1 aliphatic heterocycles. The van der Waals surface area contributed by atoms with Crippen molar-refractivity contribution in [1.29, 1.82) is 0 Å². The topological polar surface area (TPSA) is 68.0 Å². The first kappa shape index (κ1) is 19.0. The lowest BCUT2D eigenvalue weighted by molar-refractivity contribution is -0.121. The SMILES string of the molecule is Cc1ccc(-c2nnc(CCC(=O)NC3CCSc4ccc(Cl)cc43)o2)cc1. The Labute approximate surface area is 172 Å². The predicted molar refractivity (Wildman–Crippen MR) is 110 cm³/mol. The molecule has 2 aromatic carbocycles. The van der Waals surface area contributed by atoms with Crippen LogP contribution in [0, 0.1) is 6.92 Å². The maximum Gasteiger partial charge on any atom is 0.247 e. The Balaban J connectivity index is 1.36. The Kier molecular flexibility index (Phi) is 5.69. The van der Waals surface area contributed by atoms with Crippen molar-refractivity contribution in [3.8, 4) is 11.5 Å². The third-order valence-electron chi connectivity index (χ3n) is 4.68. The van der Waals surface area contributed by atoms with E-state index >= 15 is 0 Å². The molecule has 0 saturated heterocycles. The molecule has 0 fully saturated rings. The molecule has 0 bridgehead atoms. The van der Waals surface area contributed by atoms with Gasteiger partial charge < -0.3 is 9.73 Å². The summed E-state index contributed by atoms with van der Waals surface area (Å²) in [4.78, 5) is 13.6. The van der Waals surface area contributed by atoms with Crippen LogP contribution >= 0.6 is 23.4 Å². The molecule has 3 aromatic rings. The second-order valence-corrected chi connectivity index (χ2v) is 8.38. The van der Waals surface area contributed by atoms with E-state index in [1.807, 2.05) is 49.4 Å². The van der Waals surface area contributed by atoms with Crippen molar-refractivity contribution in [1.82, 2.24) is 15.5 Å². The molecule has 0 spiro atoms. The van der Waals surface area contributed by atoms with Gasteiger partial charge in [0.15, 0.2) is 0 Å². The van der Waals surface area contributed by atoms with E-state index in [0.29, 0.717) is 29.6 Å². The van der Waals surface area contributed by atoms with Crippen molar-refractivity contribution in [2.24, 2.45) is 0 Å². The van der Waals surface area contributed by atoms with E-state index in [1.54, 1.807) is 11.8 Å². The van der Waals surface area contributed by atoms with Crippen LogP contribution in [-0.4, -0.2) is 21.9 Å². The Bertz CT molecular complexity index is 988. The van der Waals surface area contributed by atoms with Gasteiger partial charge in [0, 0.05) is 34.1 Å². The van der Waals surface area contributed by atoms with E-state index in [2.05, 4.69) is 15.5 Å². The van der Waals surface area contributed by atoms with Crippen LogP contribution < -0.4 is 5.32 Å². The number of aromatic nitrogens is 2. The van der Waals surface area contributed by atoms with E-state index in [1.165, 1.54) is 10.5 Å². The lowest BCUT2D eigenvalue weighted by Crippen LogP contribution is -2.30. The van der Waals surface area contributed by atoms with Gasteiger partial charge in [-0.3, -0.25) is 4.79 Å². The normalized spacial score (nSPS) is 15.9. The van der Waals surface area contributed by atoms with Crippen LogP contribution in [0.4, 0.5) is 0 Å². The number of aryl methyl sites for hydroxylation is 2. The second kappa shape index (κ2) is 8.37. The van der Waals surface area contributed by atoms with Gasteiger partial charge in [-0.1, -0.05) is 29.3 Å². The molecular formula is C21H20ClN3O2S. The largest absolute Gasteiger partial charge is 0.421 e. The quantitative estimate of drug-likeness (QED) is 0.638. The van der Waals surface area contributed by atoms with Crippen LogP contribution in [0.25, 0.3) is 11.5 Å². The van der Waals surface area contributed by atoms with Crippen molar-refractivity contribution < 1.29 is 9.21 Å². The fourth-order valence-corrected chi connectivity index (χ4v) is 4.46. The van der Waals surface area contributed by atoms with E-state index in [0.717, 1.165) is 23.3 Å². The molecule has 0 aliphatic carbocycles. The first-order chi connectivity index (χ1) is 13.6. The number of fused-ring (bicyclic) bond motifs is 1. The Morgan fingerprint density at radius 1 is 1.25 bits per heavy atom. The molecule has 4 rings (SSSR count). The van der Waals surface area contributed by atoms with Gasteiger partial charge in [-0.25, -0.2) is 0 Å². The van der Waals surface area contributed by atoms with E-state index in [4.69, 9.17) is 16.0 Å². The molecule has 7 heteroatoms. The minimum atomic E-state index is -0.0297. The highest BCUT2D eigenvalue weighted by Gasteiger charge is 2.23. The van der Waals surface area contributed by atoms with Crippen molar-refractivity contribution in [2.75, 3.05) is 5.75 Å². The average molecular weight is 414 g/mol. The van der Waals surface area contributed by atoms with E-state index < -0.39 is 0 Å². The molecule has 1 atom stereocenters. The lowest BCUT2D eigenvalue weighted by Gasteiger charge is -2.26. The molecule has 5 nitrogen and oxygen atoms in total. The molecule has 0 saturated carbocycles. The van der Waals surface area contributed by atoms with Crippen LogP contribution in [0.5, 0.6) is 0 Å². The zero-order chi connectivity index (χ0) is 19.5. The molecule has 0 radical (unpaired) electrons. The monoisotopic (exact) mass is 413 g/mol. The van der Waals surface area contributed by atoms with Gasteiger partial charge in [0.25, 0.3) is 0 Å². The van der Waals surface area contributed by atoms with Crippen LogP contribution in [-0.2, 0) is 11.2 Å². The summed E-state index contributed by atoms with van der Waals surface area (Å²) in [6.45, 7) is 2.03. The molecule has 2 heterocycles. The van der Waals surface area contributed by atoms with Gasteiger partial charge >= 0.3 is 0 Å². The van der Waals surface area contributed by atoms with Gasteiger partial charge in [-0.15, -0.1) is 22.0 Å². The van der Waals surface area contributed by atoms with Gasteiger partial charge in [0.1, 0.15) is 0 Å². The number of carbonyl (C=O) groups is 1. The van der Waals surface area contributed by atoms with Gasteiger partial charge in [0.2, 0.25) is 17.7 Å². The number of benzene rings is 2. The minimum Gasteiger partial charge on any atom is -0.421 e. The number of hydrogen-bond acceptors (Lipinski definition) is 5. The van der Waals surface area contributed by atoms with Crippen molar-refractivity contribution in [2.45, 2.75) is 37.1 Å². The van der Waals surface area contributed by atoms with Crippen LogP contribution in [0.1, 0.15) is 35.9 Å². The lowest BCUT2D eigenvalue weighted by atomic mass is 10.0. The Morgan fingerprint density at radius 3 is 2.89 bits per heavy atom. The molecule has 1 N–H and O–H groups in total. The summed E-state index contributed by atoms with van der Waals surface area (Å²) in [5, 5.41) is 12.0. The summed E-state index contributed by atoms with van der Waals surface area (Å²) < 4.78 is 5.70. The highest BCUT2D eigenvalue weighted by Crippen LogP contribution is 2.37. The van der Waals surface area contributed by atoms with Crippen molar-refractivity contribution in [3.63, 3.8) is 0 Å². The minimum absolute atomic E-state index is 0.00625. The molecule has 1 amide bonds. The summed E-state index contributed by atoms with van der Waals surface area (Å²) in [6.07, 6.45) is 1.60. The van der Waals surface area contributed by atoms with Crippen LogP contribution in [0.3, 0.4) is 0 Å². The third-order valence-corrected chi connectivity index (χ3v) is 6.04. The first-order valence-corrected chi connectivity index (χ1v) is 10.6. The number of nitrogens with zero attached hydrogens (tertiary/aromatic N) is 2. The number of hydrogen-bond donors (Lipinski definition) is 1. The predicted octanol–water partition coefficient (Wildman–Crippen LogP) is 4.98. The van der Waals surface area contributed by atoms with Gasteiger partial charge in [-0.2, -0.15) is 0 Å². The average Bonchev–Trinajstić information content (AvgIpc) is 3.16. The van der Waals surface area contributed by atoms with Gasteiger partial charge in [0.05, 0.1) is 6.04 Å². The molecule has 1 aliphatic rings. The summed E-state index contributed by atoms with van der Waals surface area (Å²) >= 11 is 7.93. The first-order valence-electron chi connectivity index (χ1n) is 9.19. The number of amides is 1. The summed E-state index contributed by atoms with van der Waals surface area (Å²) in [5.74, 6) is 1.89. The zero-order valence-electron chi connectivity index (χ0n) is 15.4. The van der Waals surface area contributed by atoms with Crippen LogP contribution in [0.15, 0.2) is 51.8 Å². The summed E-state index contributed by atoms with van der Waals surface area (Å²) in [6, 6.07) is 13.7. The number of nitrogens with one attached hydrogen (secondary N) is 1. The highest BCUT2D eigenvalue weighted by atomic mass is 35.5. The molecule has 1 aromatic heterocycles. The maximum absolute atomic E-state index is 12.5. The number of halogens is 1. The molecular weight excluding hydrogens is 394 g/mol. The number of carbonyl (C=O) groups excluding carboxylic acids is 1. The number of rotatable bonds is 5. The summed E-state index contributed by atoms with van der Waals surface area (Å²) in [5.41, 5.74) is 3.14. The van der Waals surface area contributed by atoms with Gasteiger partial charge in [-0.05, 0) is 49.2 Å². The van der Waals surface area contributed by atoms with E-state index in [9.17, 15) is 4.79 Å². The fraction of sp³-hybridized carbons (Fsp3) is 0.286. The Morgan fingerprint density at radius 2 is 2.07 bits per heavy atom. The Hall–Kier alpha value is -2.31. The summed E-state index contributed by atoms with van der Waals surface area (Å²) in [7, 11) is 0. The maximum atomic E-state index is 12.5. The standard InChI is InChI=1S/C21H20ClN3O2S/c1-13-2-4-14(5-3-13)21-25-24-20(27-21)9-8-19(26)23-17-10-11-28-18-7-6-15(22)12-16(17)18/h2-7,12,17H,8-11H2,1H3,(H,23,26). The van der Waals surface area contributed by atoms with Crippen molar-refractivity contribution in [3.05, 3.63) is 64.5 Å². The second-order valence-electron chi connectivity index (χ2n) is 6.81. The fourth-order valence-electron chi connectivity index (χ4n) is 3.17. The zero-order valence-corrected chi connectivity index (χ0v) is 17.0. The molecule has 144 valence electrons. The van der Waals surface area contributed by atoms with E-state index in [-0.39, 0.29) is 11.9 Å². The van der Waals surface area contributed by atoms with Crippen molar-refractivity contribution >= 4 is 29.3 Å². The number of thioether (sulfide) groups is 1. The highest BCUT2D eigenvalue weighted by molar-refractivity contribution is 7.99. The molecule has 1 unspecified atom stereocenters. The van der Waals surface area contributed by atoms with Crippen LogP contribution in [0.2, 0.25) is 5.02 Å².